The van der Waals surface area contributed by atoms with Gasteiger partial charge in [0.1, 0.15) is 16.9 Å². The average molecular weight is 227 g/mol. The molecule has 0 bridgehead atoms. The molecule has 1 saturated heterocycles. The van der Waals surface area contributed by atoms with Gasteiger partial charge in [-0.05, 0) is 22.6 Å². The highest BCUT2D eigenvalue weighted by atomic mass is 127. The second-order valence-corrected chi connectivity index (χ2v) is 2.01. The van der Waals surface area contributed by atoms with Gasteiger partial charge in [-0.1, -0.05) is 5.16 Å². The molecule has 8 heavy (non-hydrogen) atoms. The van der Waals surface area contributed by atoms with Gasteiger partial charge in [-0.25, -0.2) is 0 Å². The summed E-state index contributed by atoms with van der Waals surface area (Å²) in [5, 5.41) is 3.53. The molecule has 1 heterocycles. The van der Waals surface area contributed by atoms with Crippen LogP contribution in [-0.4, -0.2) is 23.5 Å². The summed E-state index contributed by atoms with van der Waals surface area (Å²) in [5.74, 6) is 0. The summed E-state index contributed by atoms with van der Waals surface area (Å²) >= 11 is 2.00. The van der Waals surface area contributed by atoms with E-state index in [-0.39, 0.29) is 0 Å². The largest absolute Gasteiger partial charge is 0.393 e. The highest BCUT2D eigenvalue weighted by Gasteiger charge is 2.22. The van der Waals surface area contributed by atoms with Crippen LogP contribution < -0.4 is 0 Å². The van der Waals surface area contributed by atoms with Crippen molar-refractivity contribution in [2.24, 2.45) is 5.16 Å². The molecule has 4 heteroatoms. The minimum Gasteiger partial charge on any atom is -0.393 e. The lowest BCUT2D eigenvalue weighted by atomic mass is 10.5. The highest BCUT2D eigenvalue weighted by Crippen LogP contribution is 2.08. The standard InChI is InChI=1S/C4H6INO2/c5-3-6-8-2-4-1-7-4/h3-4H,1-2H2. The molecule has 0 spiro atoms. The number of epoxide rings is 1. The molecule has 0 aromatic heterocycles. The molecule has 0 aromatic carbocycles. The Balaban J connectivity index is 1.88. The Morgan fingerprint density at radius 3 is 3.25 bits per heavy atom. The third kappa shape index (κ3) is 2.46. The van der Waals surface area contributed by atoms with E-state index in [1.54, 1.807) is 4.22 Å². The molecular formula is C4H6INO2. The minimum atomic E-state index is 0.315. The molecule has 1 atom stereocenters. The molecule has 0 N–H and O–H groups in total. The first kappa shape index (κ1) is 6.28. The zero-order valence-corrected chi connectivity index (χ0v) is 6.37. The quantitative estimate of drug-likeness (QED) is 0.309. The molecule has 0 radical (unpaired) electrons. The van der Waals surface area contributed by atoms with Crippen molar-refractivity contribution in [2.75, 3.05) is 13.2 Å². The van der Waals surface area contributed by atoms with E-state index in [1.165, 1.54) is 0 Å². The van der Waals surface area contributed by atoms with Gasteiger partial charge in [-0.15, -0.1) is 0 Å². The first-order chi connectivity index (χ1) is 3.93. The van der Waals surface area contributed by atoms with Gasteiger partial charge in [0.15, 0.2) is 0 Å². The van der Waals surface area contributed by atoms with E-state index in [1.807, 2.05) is 22.6 Å². The summed E-state index contributed by atoms with van der Waals surface area (Å²) in [7, 11) is 0. The van der Waals surface area contributed by atoms with Crippen LogP contribution in [0.1, 0.15) is 0 Å². The molecule has 0 aliphatic carbocycles. The summed E-state index contributed by atoms with van der Waals surface area (Å²) in [6.07, 6.45) is 0.315. The molecule has 46 valence electrons. The van der Waals surface area contributed by atoms with Crippen LogP contribution in [0.25, 0.3) is 0 Å². The van der Waals surface area contributed by atoms with Crippen molar-refractivity contribution in [3.05, 3.63) is 0 Å². The lowest BCUT2D eigenvalue weighted by molar-refractivity contribution is 0.127. The second-order valence-electron chi connectivity index (χ2n) is 1.45. The Labute approximate surface area is 61.2 Å². The van der Waals surface area contributed by atoms with Gasteiger partial charge < -0.3 is 9.57 Å². The summed E-state index contributed by atoms with van der Waals surface area (Å²) in [5.41, 5.74) is 0. The number of rotatable bonds is 3. The molecule has 1 fully saturated rings. The lowest BCUT2D eigenvalue weighted by Crippen LogP contribution is -1.94. The zero-order valence-electron chi connectivity index (χ0n) is 4.21. The molecule has 0 aromatic rings. The Morgan fingerprint density at radius 1 is 2.00 bits per heavy atom. The van der Waals surface area contributed by atoms with E-state index in [0.29, 0.717) is 12.7 Å². The Morgan fingerprint density at radius 2 is 2.75 bits per heavy atom. The second kappa shape index (κ2) is 3.24. The van der Waals surface area contributed by atoms with Crippen LogP contribution in [0.3, 0.4) is 0 Å². The number of hydrogen-bond acceptors (Lipinski definition) is 3. The maximum Gasteiger partial charge on any atom is 0.145 e. The van der Waals surface area contributed by atoms with Crippen molar-refractivity contribution >= 4 is 26.8 Å². The summed E-state index contributed by atoms with van der Waals surface area (Å²) in [6, 6.07) is 0. The van der Waals surface area contributed by atoms with Gasteiger partial charge >= 0.3 is 0 Å². The fraction of sp³-hybridized carbons (Fsp3) is 0.750. The van der Waals surface area contributed by atoms with Crippen LogP contribution in [-0.2, 0) is 9.57 Å². The maximum absolute atomic E-state index is 4.85. The van der Waals surface area contributed by atoms with Crippen LogP contribution >= 0.6 is 22.6 Å². The van der Waals surface area contributed by atoms with Crippen molar-refractivity contribution < 1.29 is 9.57 Å². The Bertz CT molecular complexity index is 92.0. The summed E-state index contributed by atoms with van der Waals surface area (Å²) < 4.78 is 6.44. The van der Waals surface area contributed by atoms with E-state index in [9.17, 15) is 0 Å². The van der Waals surface area contributed by atoms with E-state index < -0.39 is 0 Å². The minimum absolute atomic E-state index is 0.315. The topological polar surface area (TPSA) is 34.1 Å². The number of ether oxygens (including phenoxy) is 1. The summed E-state index contributed by atoms with van der Waals surface area (Å²) in [4.78, 5) is 4.74. The molecular weight excluding hydrogens is 221 g/mol. The smallest absolute Gasteiger partial charge is 0.145 e. The normalized spacial score (nSPS) is 26.4. The maximum atomic E-state index is 4.85. The van der Waals surface area contributed by atoms with E-state index >= 15 is 0 Å². The molecule has 1 rings (SSSR count). The highest BCUT2D eigenvalue weighted by molar-refractivity contribution is 14.1. The molecule has 0 saturated carbocycles. The third-order valence-electron chi connectivity index (χ3n) is 0.777. The Kier molecular flexibility index (Phi) is 2.54. The van der Waals surface area contributed by atoms with Crippen molar-refractivity contribution in [3.63, 3.8) is 0 Å². The van der Waals surface area contributed by atoms with E-state index in [0.717, 1.165) is 6.61 Å². The predicted octanol–water partition coefficient (Wildman–Crippen LogP) is 0.780. The van der Waals surface area contributed by atoms with Crippen LogP contribution in [0, 0.1) is 0 Å². The average Bonchev–Trinajstić information content (AvgIpc) is 2.51. The first-order valence-electron chi connectivity index (χ1n) is 2.29. The van der Waals surface area contributed by atoms with Gasteiger partial charge in [-0.3, -0.25) is 0 Å². The van der Waals surface area contributed by atoms with Crippen LogP contribution in [0.5, 0.6) is 0 Å². The van der Waals surface area contributed by atoms with Gasteiger partial charge in [-0.2, -0.15) is 0 Å². The van der Waals surface area contributed by atoms with Crippen molar-refractivity contribution in [1.82, 2.24) is 0 Å². The Hall–Kier alpha value is 0.160. The van der Waals surface area contributed by atoms with E-state index in [4.69, 9.17) is 9.57 Å². The third-order valence-corrected chi connectivity index (χ3v) is 1.00. The fourth-order valence-electron chi connectivity index (χ4n) is 0.319. The van der Waals surface area contributed by atoms with Gasteiger partial charge in [0.25, 0.3) is 0 Å². The molecule has 1 aliphatic rings. The van der Waals surface area contributed by atoms with Crippen molar-refractivity contribution in [2.45, 2.75) is 6.10 Å². The molecule has 1 aliphatic heterocycles. The number of oxime groups is 1. The molecule has 3 nitrogen and oxygen atoms in total. The van der Waals surface area contributed by atoms with Gasteiger partial charge in [0.2, 0.25) is 0 Å². The lowest BCUT2D eigenvalue weighted by Gasteiger charge is -1.89. The van der Waals surface area contributed by atoms with Crippen molar-refractivity contribution in [3.8, 4) is 0 Å². The van der Waals surface area contributed by atoms with Gasteiger partial charge in [0.05, 0.1) is 6.61 Å². The number of halogens is 1. The predicted molar refractivity (Wildman–Crippen MR) is 38.2 cm³/mol. The van der Waals surface area contributed by atoms with Crippen LogP contribution in [0.4, 0.5) is 0 Å². The van der Waals surface area contributed by atoms with Crippen LogP contribution in [0.15, 0.2) is 5.16 Å². The van der Waals surface area contributed by atoms with Crippen LogP contribution in [0.2, 0.25) is 0 Å². The SMILES string of the molecule is IC=NOCC1CO1. The van der Waals surface area contributed by atoms with Crippen molar-refractivity contribution in [1.29, 1.82) is 0 Å². The molecule has 0 amide bonds. The van der Waals surface area contributed by atoms with Gasteiger partial charge in [0, 0.05) is 0 Å². The zero-order chi connectivity index (χ0) is 5.82. The van der Waals surface area contributed by atoms with E-state index in [2.05, 4.69) is 5.16 Å². The number of nitrogens with zero attached hydrogens (tertiary/aromatic N) is 1. The molecule has 1 unspecified atom stereocenters. The number of hydrogen-bond donors (Lipinski definition) is 0. The summed E-state index contributed by atoms with van der Waals surface area (Å²) in [6.45, 7) is 1.43. The first-order valence-corrected chi connectivity index (χ1v) is 3.53. The fourth-order valence-corrected chi connectivity index (χ4v) is 0.479. The monoisotopic (exact) mass is 227 g/mol.